The number of unbranched alkanes of at least 4 members (excludes halogenated alkanes) is 5. The van der Waals surface area contributed by atoms with E-state index in [4.69, 9.17) is 10.4 Å². The molecule has 0 radical (unpaired) electrons. The highest BCUT2D eigenvalue weighted by molar-refractivity contribution is 6.03. The van der Waals surface area contributed by atoms with Crippen molar-refractivity contribution in [2.45, 2.75) is 84.5 Å². The molecule has 0 saturated carbocycles. The summed E-state index contributed by atoms with van der Waals surface area (Å²) in [7, 11) is 0. The SMILES string of the molecule is Cc1c(C(=O)NCCCCCC(=O)NO)[nH]c2c(-n3c(C)c(CCNC(=O)CCCCCCC(=O)NO)c4ccccc43)cccc12. The van der Waals surface area contributed by atoms with Crippen LogP contribution >= 0.6 is 0 Å². The van der Waals surface area contributed by atoms with Crippen LogP contribution in [0.2, 0.25) is 0 Å². The number of aromatic amines is 1. The van der Waals surface area contributed by atoms with Crippen LogP contribution in [0.3, 0.4) is 0 Å². The molecule has 2 aromatic carbocycles. The van der Waals surface area contributed by atoms with Gasteiger partial charge in [0.05, 0.1) is 16.7 Å². The van der Waals surface area contributed by atoms with Gasteiger partial charge in [-0.25, -0.2) is 11.0 Å². The molecule has 4 aromatic rings. The molecule has 0 aliphatic heterocycles. The topological polar surface area (TPSA) is 178 Å². The van der Waals surface area contributed by atoms with E-state index in [0.717, 1.165) is 76.4 Å². The van der Waals surface area contributed by atoms with Gasteiger partial charge in [-0.05, 0) is 69.2 Å². The molecule has 4 rings (SSSR count). The lowest BCUT2D eigenvalue weighted by molar-refractivity contribution is -0.130. The Bertz CT molecular complexity index is 1710. The normalized spacial score (nSPS) is 11.1. The third-order valence-electron chi connectivity index (χ3n) is 8.65. The van der Waals surface area contributed by atoms with Gasteiger partial charge in [0.2, 0.25) is 17.7 Å². The molecular weight excluding hydrogens is 600 g/mol. The van der Waals surface area contributed by atoms with Gasteiger partial charge in [-0.1, -0.05) is 49.6 Å². The number of nitrogens with one attached hydrogen (secondary N) is 5. The first-order valence-corrected chi connectivity index (χ1v) is 16.4. The Labute approximate surface area is 274 Å². The van der Waals surface area contributed by atoms with Gasteiger partial charge in [-0.3, -0.25) is 29.6 Å². The molecule has 0 aliphatic carbocycles. The minimum Gasteiger partial charge on any atom is -0.356 e. The van der Waals surface area contributed by atoms with Crippen LogP contribution in [0.25, 0.3) is 27.5 Å². The number of para-hydroxylation sites is 2. The maximum Gasteiger partial charge on any atom is 0.268 e. The van der Waals surface area contributed by atoms with Gasteiger partial charge in [-0.15, -0.1) is 0 Å². The summed E-state index contributed by atoms with van der Waals surface area (Å²) in [6, 6.07) is 14.3. The smallest absolute Gasteiger partial charge is 0.268 e. The van der Waals surface area contributed by atoms with Crippen molar-refractivity contribution in [2.75, 3.05) is 13.1 Å². The van der Waals surface area contributed by atoms with E-state index in [1.807, 2.05) is 37.3 Å². The summed E-state index contributed by atoms with van der Waals surface area (Å²) in [6.45, 7) is 5.01. The van der Waals surface area contributed by atoms with Crippen LogP contribution in [-0.2, 0) is 20.8 Å². The van der Waals surface area contributed by atoms with Crippen LogP contribution in [0, 0.1) is 13.8 Å². The molecule has 0 bridgehead atoms. The highest BCUT2D eigenvalue weighted by Crippen LogP contribution is 2.34. The molecule has 2 aromatic heterocycles. The van der Waals surface area contributed by atoms with Crippen molar-refractivity contribution in [2.24, 2.45) is 0 Å². The monoisotopic (exact) mass is 646 g/mol. The first kappa shape index (κ1) is 35.2. The highest BCUT2D eigenvalue weighted by atomic mass is 16.5. The summed E-state index contributed by atoms with van der Waals surface area (Å²) >= 11 is 0. The predicted octanol–water partition coefficient (Wildman–Crippen LogP) is 5.03. The second-order valence-electron chi connectivity index (χ2n) is 11.9. The summed E-state index contributed by atoms with van der Waals surface area (Å²) in [4.78, 5) is 51.3. The van der Waals surface area contributed by atoms with Crippen LogP contribution in [0.1, 0.15) is 91.5 Å². The Hall–Kier alpha value is -4.68. The van der Waals surface area contributed by atoms with Gasteiger partial charge < -0.3 is 20.2 Å². The number of carbonyl (C=O) groups excluding carboxylic acids is 4. The number of nitrogens with zero attached hydrogens (tertiary/aromatic N) is 1. The third-order valence-corrected chi connectivity index (χ3v) is 8.65. The molecule has 0 unspecified atom stereocenters. The minimum absolute atomic E-state index is 0.00558. The zero-order valence-corrected chi connectivity index (χ0v) is 27.2. The van der Waals surface area contributed by atoms with Crippen molar-refractivity contribution >= 4 is 45.4 Å². The minimum atomic E-state index is -0.410. The third kappa shape index (κ3) is 8.99. The van der Waals surface area contributed by atoms with E-state index in [0.29, 0.717) is 44.5 Å². The van der Waals surface area contributed by atoms with Crippen LogP contribution in [0.4, 0.5) is 0 Å². The number of hydrogen-bond acceptors (Lipinski definition) is 6. The Morgan fingerprint density at radius 3 is 2.00 bits per heavy atom. The zero-order chi connectivity index (χ0) is 33.8. The van der Waals surface area contributed by atoms with Gasteiger partial charge in [-0.2, -0.15) is 0 Å². The van der Waals surface area contributed by atoms with Crippen molar-refractivity contribution in [1.82, 2.24) is 31.1 Å². The molecule has 0 aliphatic rings. The van der Waals surface area contributed by atoms with Gasteiger partial charge in [0.15, 0.2) is 0 Å². The molecule has 7 N–H and O–H groups in total. The number of aromatic nitrogens is 2. The number of H-pyrrole nitrogens is 1. The Morgan fingerprint density at radius 1 is 0.702 bits per heavy atom. The fourth-order valence-corrected chi connectivity index (χ4v) is 6.14. The van der Waals surface area contributed by atoms with E-state index in [1.165, 1.54) is 0 Å². The lowest BCUT2D eigenvalue weighted by atomic mass is 10.1. The molecular formula is C35H46N6O6. The van der Waals surface area contributed by atoms with E-state index >= 15 is 0 Å². The van der Waals surface area contributed by atoms with Gasteiger partial charge in [0.25, 0.3) is 5.91 Å². The predicted molar refractivity (Wildman–Crippen MR) is 180 cm³/mol. The van der Waals surface area contributed by atoms with Crippen LogP contribution in [-0.4, -0.2) is 56.7 Å². The standard InChI is InChI=1S/C35H46N6O6/c1-23-25-14-12-16-29(34(25)38-33(23)35(45)37-21-11-5-8-19-32(44)40-47)41-24(2)26(27-13-9-10-15-28(27)41)20-22-36-30(42)17-6-3-4-7-18-31(43)39-46/h9-10,12-16,38,46-47H,3-8,11,17-22H2,1-2H3,(H,36,42)(H,37,45)(H,39,43)(H,40,44). The number of fused-ring (bicyclic) bond motifs is 2. The molecule has 12 nitrogen and oxygen atoms in total. The van der Waals surface area contributed by atoms with E-state index in [2.05, 4.69) is 39.2 Å². The summed E-state index contributed by atoms with van der Waals surface area (Å²) in [5.74, 6) is -0.976. The molecule has 4 amide bonds. The molecule has 0 spiro atoms. The van der Waals surface area contributed by atoms with Gasteiger partial charge in [0, 0.05) is 48.8 Å². The Morgan fingerprint density at radius 2 is 1.32 bits per heavy atom. The molecule has 2 heterocycles. The number of benzene rings is 2. The zero-order valence-electron chi connectivity index (χ0n) is 27.2. The number of amides is 4. The maximum atomic E-state index is 13.2. The summed E-state index contributed by atoms with van der Waals surface area (Å²) < 4.78 is 2.21. The molecule has 0 atom stereocenters. The van der Waals surface area contributed by atoms with Gasteiger partial charge in [0.1, 0.15) is 5.69 Å². The average Bonchev–Trinajstić information content (AvgIpc) is 3.57. The number of carbonyl (C=O) groups is 4. The second kappa shape index (κ2) is 17.3. The number of aryl methyl sites for hydroxylation is 1. The number of hydroxylamine groups is 2. The van der Waals surface area contributed by atoms with Crippen LogP contribution < -0.4 is 21.6 Å². The van der Waals surface area contributed by atoms with E-state index < -0.39 is 5.91 Å². The van der Waals surface area contributed by atoms with Crippen molar-refractivity contribution in [1.29, 1.82) is 0 Å². The summed E-state index contributed by atoms with van der Waals surface area (Å²) in [6.07, 6.45) is 6.83. The van der Waals surface area contributed by atoms with Gasteiger partial charge >= 0.3 is 0 Å². The lowest BCUT2D eigenvalue weighted by Gasteiger charge is -2.11. The van der Waals surface area contributed by atoms with E-state index in [9.17, 15) is 19.2 Å². The van der Waals surface area contributed by atoms with Crippen molar-refractivity contribution in [3.05, 3.63) is 65.0 Å². The van der Waals surface area contributed by atoms with E-state index in [1.54, 1.807) is 11.0 Å². The highest BCUT2D eigenvalue weighted by Gasteiger charge is 2.21. The first-order valence-electron chi connectivity index (χ1n) is 16.4. The quantitative estimate of drug-likeness (QED) is 0.0453. The average molecular weight is 647 g/mol. The Kier molecular flexibility index (Phi) is 12.9. The molecule has 12 heteroatoms. The van der Waals surface area contributed by atoms with Crippen LogP contribution in [0.15, 0.2) is 42.5 Å². The number of hydrogen-bond donors (Lipinski definition) is 7. The fraction of sp³-hybridized carbons (Fsp3) is 0.429. The Balaban J connectivity index is 1.43. The largest absolute Gasteiger partial charge is 0.356 e. The van der Waals surface area contributed by atoms with Crippen molar-refractivity contribution in [3.8, 4) is 5.69 Å². The fourth-order valence-electron chi connectivity index (χ4n) is 6.14. The van der Waals surface area contributed by atoms with E-state index in [-0.39, 0.29) is 30.6 Å². The maximum absolute atomic E-state index is 13.2. The summed E-state index contributed by atoms with van der Waals surface area (Å²) in [5, 5.41) is 25.3. The van der Waals surface area contributed by atoms with Crippen LogP contribution in [0.5, 0.6) is 0 Å². The van der Waals surface area contributed by atoms with Crippen molar-refractivity contribution in [3.63, 3.8) is 0 Å². The number of rotatable bonds is 18. The lowest BCUT2D eigenvalue weighted by Crippen LogP contribution is -2.25. The molecule has 252 valence electrons. The molecule has 0 saturated heterocycles. The molecule has 47 heavy (non-hydrogen) atoms. The molecule has 0 fully saturated rings. The first-order chi connectivity index (χ1) is 22.8. The van der Waals surface area contributed by atoms with Crippen molar-refractivity contribution < 1.29 is 29.6 Å². The second-order valence-corrected chi connectivity index (χ2v) is 11.9. The summed E-state index contributed by atoms with van der Waals surface area (Å²) in [5.41, 5.74) is 9.70.